The van der Waals surface area contributed by atoms with Crippen LogP contribution >= 0.6 is 0 Å². The number of rotatable bonds is 9. The molecule has 1 fully saturated rings. The summed E-state index contributed by atoms with van der Waals surface area (Å²) in [6.45, 7) is 5.65. The number of hydrogen-bond donors (Lipinski definition) is 0. The van der Waals surface area contributed by atoms with Gasteiger partial charge in [0, 0.05) is 43.7 Å². The maximum absolute atomic E-state index is 14.7. The number of nitrogens with zero attached hydrogens (tertiary/aromatic N) is 4. The lowest BCUT2D eigenvalue weighted by atomic mass is 9.97. The molecule has 41 heavy (non-hydrogen) atoms. The summed E-state index contributed by atoms with van der Waals surface area (Å²) in [5, 5.41) is 6.06. The predicted molar refractivity (Wildman–Crippen MR) is 154 cm³/mol. The van der Waals surface area contributed by atoms with Crippen LogP contribution in [0.1, 0.15) is 39.5 Å². The molecule has 9 heteroatoms. The Morgan fingerprint density at radius 1 is 1.02 bits per heavy atom. The zero-order valence-corrected chi connectivity index (χ0v) is 23.5. The minimum atomic E-state index is -0.408. The molecule has 0 aromatic heterocycles. The van der Waals surface area contributed by atoms with Crippen LogP contribution in [0.4, 0.5) is 4.39 Å². The number of hydrogen-bond acceptors (Lipinski definition) is 6. The molecule has 5 rings (SSSR count). The molecule has 214 valence electrons. The maximum atomic E-state index is 14.7. The Hall–Kier alpha value is -4.08. The van der Waals surface area contributed by atoms with Gasteiger partial charge in [-0.3, -0.25) is 14.5 Å². The second-order valence-corrected chi connectivity index (χ2v) is 10.3. The zero-order chi connectivity index (χ0) is 28.8. The first-order valence-corrected chi connectivity index (χ1v) is 13.9. The Labute approximate surface area is 240 Å². The van der Waals surface area contributed by atoms with Gasteiger partial charge in [0.15, 0.2) is 0 Å². The lowest BCUT2D eigenvalue weighted by Gasteiger charge is -2.31. The fraction of sp³-hybridized carbons (Fsp3) is 0.344. The second-order valence-electron chi connectivity index (χ2n) is 10.3. The third kappa shape index (κ3) is 6.81. The summed E-state index contributed by atoms with van der Waals surface area (Å²) in [6.07, 6.45) is 0.371. The van der Waals surface area contributed by atoms with Gasteiger partial charge in [0.25, 0.3) is 11.8 Å². The molecule has 1 atom stereocenters. The van der Waals surface area contributed by atoms with Crippen molar-refractivity contribution in [3.05, 3.63) is 101 Å². The van der Waals surface area contributed by atoms with E-state index in [0.29, 0.717) is 55.3 Å². The highest BCUT2D eigenvalue weighted by molar-refractivity contribution is 6.04. The van der Waals surface area contributed by atoms with Gasteiger partial charge < -0.3 is 14.4 Å². The number of morpholine rings is 1. The molecule has 2 aliphatic rings. The largest absolute Gasteiger partial charge is 0.497 e. The number of aryl methyl sites for hydroxylation is 1. The third-order valence-corrected chi connectivity index (χ3v) is 7.55. The summed E-state index contributed by atoms with van der Waals surface area (Å²) in [7, 11) is 1.57. The number of methoxy groups -OCH3 is 1. The minimum absolute atomic E-state index is 0.161. The Bertz CT molecular complexity index is 1390. The van der Waals surface area contributed by atoms with Crippen LogP contribution in [0.5, 0.6) is 5.75 Å². The van der Waals surface area contributed by atoms with Gasteiger partial charge in [-0.25, -0.2) is 9.40 Å². The molecule has 1 saturated heterocycles. The summed E-state index contributed by atoms with van der Waals surface area (Å²) < 4.78 is 25.4. The van der Waals surface area contributed by atoms with E-state index >= 15 is 0 Å². The van der Waals surface area contributed by atoms with E-state index in [1.807, 2.05) is 31.2 Å². The first kappa shape index (κ1) is 28.4. The zero-order valence-electron chi connectivity index (χ0n) is 23.5. The van der Waals surface area contributed by atoms with E-state index in [-0.39, 0.29) is 24.2 Å². The van der Waals surface area contributed by atoms with Gasteiger partial charge in [-0.1, -0.05) is 48.0 Å². The number of carbonyl (C=O) groups is 2. The van der Waals surface area contributed by atoms with E-state index < -0.39 is 6.04 Å². The van der Waals surface area contributed by atoms with Gasteiger partial charge in [0.05, 0.1) is 32.1 Å². The molecule has 8 nitrogen and oxygen atoms in total. The Kier molecular flexibility index (Phi) is 9.06. The van der Waals surface area contributed by atoms with Crippen molar-refractivity contribution in [2.45, 2.75) is 19.4 Å². The van der Waals surface area contributed by atoms with Crippen molar-refractivity contribution in [3.8, 4) is 5.75 Å². The predicted octanol–water partition coefficient (Wildman–Crippen LogP) is 4.30. The molecule has 3 aromatic rings. The molecule has 0 bridgehead atoms. The summed E-state index contributed by atoms with van der Waals surface area (Å²) in [5.74, 6) is -0.319. The van der Waals surface area contributed by atoms with Crippen LogP contribution in [-0.4, -0.2) is 85.4 Å². The fourth-order valence-electron chi connectivity index (χ4n) is 5.14. The average molecular weight is 559 g/mol. The summed E-state index contributed by atoms with van der Waals surface area (Å²) >= 11 is 0. The van der Waals surface area contributed by atoms with Crippen LogP contribution in [0, 0.1) is 12.7 Å². The third-order valence-electron chi connectivity index (χ3n) is 7.55. The molecule has 2 aliphatic heterocycles. The quantitative estimate of drug-likeness (QED) is 0.392. The number of hydrazone groups is 1. The van der Waals surface area contributed by atoms with Crippen molar-refractivity contribution < 1.29 is 23.5 Å². The van der Waals surface area contributed by atoms with Crippen molar-refractivity contribution in [1.29, 1.82) is 0 Å². The SMILES string of the molecule is COc1ccc(C(=O)N(CCN2CCOCC2)CC(=O)N2N=C(c3ccccc3F)CC2c2ccc(C)cc2)cc1. The molecule has 1 unspecified atom stereocenters. The van der Waals surface area contributed by atoms with Crippen molar-refractivity contribution in [3.63, 3.8) is 0 Å². The van der Waals surface area contributed by atoms with Gasteiger partial charge in [0.2, 0.25) is 0 Å². The summed E-state index contributed by atoms with van der Waals surface area (Å²) in [5.41, 5.74) is 3.34. The van der Waals surface area contributed by atoms with E-state index in [1.165, 1.54) is 11.1 Å². The Morgan fingerprint density at radius 3 is 2.41 bits per heavy atom. The molecular formula is C32H35FN4O4. The van der Waals surface area contributed by atoms with Gasteiger partial charge in [-0.05, 0) is 42.8 Å². The number of ether oxygens (including phenoxy) is 2. The minimum Gasteiger partial charge on any atom is -0.497 e. The molecule has 0 aliphatic carbocycles. The van der Waals surface area contributed by atoms with E-state index in [4.69, 9.17) is 9.47 Å². The topological polar surface area (TPSA) is 74.7 Å². The number of carbonyl (C=O) groups excluding carboxylic acids is 2. The molecule has 3 aromatic carbocycles. The first-order valence-electron chi connectivity index (χ1n) is 13.9. The summed E-state index contributed by atoms with van der Waals surface area (Å²) in [4.78, 5) is 31.4. The Morgan fingerprint density at radius 2 is 1.73 bits per heavy atom. The van der Waals surface area contributed by atoms with Gasteiger partial charge in [0.1, 0.15) is 18.1 Å². The Balaban J connectivity index is 1.41. The number of amides is 2. The molecule has 2 amide bonds. The fourth-order valence-corrected chi connectivity index (χ4v) is 5.14. The molecular weight excluding hydrogens is 523 g/mol. The highest BCUT2D eigenvalue weighted by Crippen LogP contribution is 2.33. The van der Waals surface area contributed by atoms with Gasteiger partial charge >= 0.3 is 0 Å². The van der Waals surface area contributed by atoms with Crippen LogP contribution in [0.15, 0.2) is 77.9 Å². The lowest BCUT2D eigenvalue weighted by Crippen LogP contribution is -2.46. The highest BCUT2D eigenvalue weighted by Gasteiger charge is 2.35. The molecule has 2 heterocycles. The number of benzene rings is 3. The van der Waals surface area contributed by atoms with Crippen molar-refractivity contribution in [2.24, 2.45) is 5.10 Å². The summed E-state index contributed by atoms with van der Waals surface area (Å²) in [6, 6.07) is 20.8. The van der Waals surface area contributed by atoms with Gasteiger partial charge in [-0.15, -0.1) is 0 Å². The van der Waals surface area contributed by atoms with Crippen molar-refractivity contribution >= 4 is 17.5 Å². The van der Waals surface area contributed by atoms with Crippen LogP contribution in [0.25, 0.3) is 0 Å². The molecule has 0 radical (unpaired) electrons. The monoisotopic (exact) mass is 558 g/mol. The van der Waals surface area contributed by atoms with Crippen molar-refractivity contribution in [2.75, 3.05) is 53.0 Å². The van der Waals surface area contributed by atoms with Crippen molar-refractivity contribution in [1.82, 2.24) is 14.8 Å². The normalized spacial score (nSPS) is 17.3. The highest BCUT2D eigenvalue weighted by atomic mass is 19.1. The standard InChI is InChI=1S/C32H35FN4O4/c1-23-7-9-24(10-8-23)30-21-29(27-5-3-4-6-28(27)33)34-37(30)31(38)22-36(16-15-35-17-19-41-20-18-35)32(39)25-11-13-26(40-2)14-12-25/h3-14,30H,15-22H2,1-2H3. The maximum Gasteiger partial charge on any atom is 0.262 e. The molecule has 0 spiro atoms. The van der Waals surface area contributed by atoms with Gasteiger partial charge in [-0.2, -0.15) is 5.10 Å². The second kappa shape index (κ2) is 13.1. The van der Waals surface area contributed by atoms with E-state index in [2.05, 4.69) is 10.0 Å². The van der Waals surface area contributed by atoms with E-state index in [1.54, 1.807) is 54.5 Å². The van der Waals surface area contributed by atoms with Crippen LogP contribution in [0.3, 0.4) is 0 Å². The van der Waals surface area contributed by atoms with Crippen LogP contribution in [0.2, 0.25) is 0 Å². The van der Waals surface area contributed by atoms with E-state index in [9.17, 15) is 14.0 Å². The average Bonchev–Trinajstić information content (AvgIpc) is 3.45. The smallest absolute Gasteiger partial charge is 0.262 e. The molecule has 0 saturated carbocycles. The van der Waals surface area contributed by atoms with Crippen LogP contribution < -0.4 is 4.74 Å². The van der Waals surface area contributed by atoms with Crippen LogP contribution in [-0.2, 0) is 9.53 Å². The molecule has 0 N–H and O–H groups in total. The first-order chi connectivity index (χ1) is 19.9. The number of halogens is 1. The van der Waals surface area contributed by atoms with E-state index in [0.717, 1.165) is 24.2 Å². The lowest BCUT2D eigenvalue weighted by molar-refractivity contribution is -0.133.